The monoisotopic (exact) mass is 271 g/mol. The van der Waals surface area contributed by atoms with E-state index in [0.29, 0.717) is 13.0 Å². The average Bonchev–Trinajstić information content (AvgIpc) is 3.03. The number of H-pyrrole nitrogens is 1. The lowest BCUT2D eigenvalue weighted by Gasteiger charge is -2.15. The molecule has 1 fully saturated rings. The van der Waals surface area contributed by atoms with E-state index in [0.717, 1.165) is 24.4 Å². The van der Waals surface area contributed by atoms with Crippen molar-refractivity contribution in [3.05, 3.63) is 42.4 Å². The van der Waals surface area contributed by atoms with Gasteiger partial charge in [-0.25, -0.2) is 4.98 Å². The molecule has 1 amide bonds. The molecule has 3 rings (SSSR count). The van der Waals surface area contributed by atoms with Crippen molar-refractivity contribution in [3.8, 4) is 0 Å². The molecule has 0 spiro atoms. The largest absolute Gasteiger partial charge is 0.370 e. The van der Waals surface area contributed by atoms with Gasteiger partial charge in [0.1, 0.15) is 5.82 Å². The highest BCUT2D eigenvalue weighted by Crippen LogP contribution is 2.44. The fourth-order valence-corrected chi connectivity index (χ4v) is 2.21. The maximum absolute atomic E-state index is 12.0. The Bertz CT molecular complexity index is 563. The van der Waals surface area contributed by atoms with E-state index in [2.05, 4.69) is 25.8 Å². The number of aromatic nitrogens is 3. The van der Waals surface area contributed by atoms with Crippen LogP contribution < -0.4 is 10.6 Å². The lowest BCUT2D eigenvalue weighted by atomic mass is 10.2. The van der Waals surface area contributed by atoms with Crippen LogP contribution in [-0.2, 0) is 10.3 Å². The van der Waals surface area contributed by atoms with Crippen LogP contribution in [0.3, 0.4) is 0 Å². The van der Waals surface area contributed by atoms with Gasteiger partial charge in [-0.3, -0.25) is 9.89 Å². The van der Waals surface area contributed by atoms with E-state index in [1.54, 1.807) is 12.4 Å². The Kier molecular flexibility index (Phi) is 3.37. The maximum Gasteiger partial charge on any atom is 0.222 e. The zero-order valence-corrected chi connectivity index (χ0v) is 11.1. The van der Waals surface area contributed by atoms with Crippen LogP contribution in [0, 0.1) is 0 Å². The zero-order chi connectivity index (χ0) is 13.8. The van der Waals surface area contributed by atoms with E-state index in [9.17, 15) is 4.79 Å². The molecule has 6 heteroatoms. The third-order valence-corrected chi connectivity index (χ3v) is 3.47. The smallest absolute Gasteiger partial charge is 0.222 e. The molecule has 6 nitrogen and oxygen atoms in total. The minimum atomic E-state index is -0.210. The third-order valence-electron chi connectivity index (χ3n) is 3.47. The first-order valence-electron chi connectivity index (χ1n) is 6.74. The molecule has 0 saturated heterocycles. The summed E-state index contributed by atoms with van der Waals surface area (Å²) in [5, 5.41) is 13.1. The summed E-state index contributed by atoms with van der Waals surface area (Å²) in [6.45, 7) is 0.571. The normalized spacial score (nSPS) is 15.6. The molecule has 1 aliphatic carbocycles. The molecule has 0 radical (unpaired) electrons. The Balaban J connectivity index is 1.46. The molecule has 20 heavy (non-hydrogen) atoms. The molecule has 3 N–H and O–H groups in total. The van der Waals surface area contributed by atoms with E-state index < -0.39 is 0 Å². The number of rotatable bonds is 6. The first kappa shape index (κ1) is 12.7. The van der Waals surface area contributed by atoms with Crippen molar-refractivity contribution in [2.24, 2.45) is 0 Å². The van der Waals surface area contributed by atoms with Gasteiger partial charge < -0.3 is 10.6 Å². The number of nitrogens with zero attached hydrogens (tertiary/aromatic N) is 2. The number of carbonyl (C=O) groups excluding carboxylic acids is 1. The van der Waals surface area contributed by atoms with E-state index in [-0.39, 0.29) is 11.4 Å². The predicted molar refractivity (Wildman–Crippen MR) is 75.0 cm³/mol. The number of nitrogens with one attached hydrogen (secondary N) is 3. The van der Waals surface area contributed by atoms with Gasteiger partial charge in [0.05, 0.1) is 11.2 Å². The van der Waals surface area contributed by atoms with Crippen molar-refractivity contribution < 1.29 is 4.79 Å². The predicted octanol–water partition coefficient (Wildman–Crippen LogP) is 1.41. The van der Waals surface area contributed by atoms with E-state index in [1.807, 2.05) is 24.3 Å². The van der Waals surface area contributed by atoms with Crippen LogP contribution in [-0.4, -0.2) is 27.6 Å². The summed E-state index contributed by atoms with van der Waals surface area (Å²) in [5.41, 5.74) is 0.780. The third kappa shape index (κ3) is 2.79. The molecule has 104 valence electrons. The van der Waals surface area contributed by atoms with Crippen LogP contribution in [0.2, 0.25) is 0 Å². The Morgan fingerprint density at radius 3 is 2.85 bits per heavy atom. The van der Waals surface area contributed by atoms with Crippen molar-refractivity contribution in [2.75, 3.05) is 11.9 Å². The molecule has 1 aliphatic rings. The molecule has 2 aromatic heterocycles. The van der Waals surface area contributed by atoms with Gasteiger partial charge in [-0.2, -0.15) is 5.10 Å². The van der Waals surface area contributed by atoms with Crippen molar-refractivity contribution in [2.45, 2.75) is 24.8 Å². The lowest BCUT2D eigenvalue weighted by molar-refractivity contribution is -0.121. The maximum atomic E-state index is 12.0. The standard InChI is InChI=1S/C14H17N5O/c20-13(5-9-16-12-3-1-2-8-15-12)18-14(6-7-14)11-4-10-17-19-11/h1-4,8,10H,5-7,9H2,(H,15,16)(H,17,19)(H,18,20). The molecule has 0 atom stereocenters. The minimum absolute atomic E-state index is 0.0422. The summed E-state index contributed by atoms with van der Waals surface area (Å²) in [5.74, 6) is 0.829. The zero-order valence-electron chi connectivity index (χ0n) is 11.1. The second-order valence-electron chi connectivity index (χ2n) is 4.99. The summed E-state index contributed by atoms with van der Waals surface area (Å²) >= 11 is 0. The van der Waals surface area contributed by atoms with Crippen molar-refractivity contribution >= 4 is 11.7 Å². The molecule has 1 saturated carbocycles. The van der Waals surface area contributed by atoms with Gasteiger partial charge in [0.2, 0.25) is 5.91 Å². The Hall–Kier alpha value is -2.37. The highest BCUT2D eigenvalue weighted by molar-refractivity contribution is 5.78. The van der Waals surface area contributed by atoms with Gasteiger partial charge in [0, 0.05) is 25.4 Å². The summed E-state index contributed by atoms with van der Waals surface area (Å²) < 4.78 is 0. The molecule has 0 unspecified atom stereocenters. The van der Waals surface area contributed by atoms with Crippen molar-refractivity contribution in [3.63, 3.8) is 0 Å². The molecule has 0 aliphatic heterocycles. The number of hydrogen-bond donors (Lipinski definition) is 3. The van der Waals surface area contributed by atoms with Gasteiger partial charge in [-0.15, -0.1) is 0 Å². The van der Waals surface area contributed by atoms with Gasteiger partial charge >= 0.3 is 0 Å². The number of anilines is 1. The van der Waals surface area contributed by atoms with Crippen molar-refractivity contribution in [1.29, 1.82) is 0 Å². The Morgan fingerprint density at radius 2 is 2.20 bits per heavy atom. The van der Waals surface area contributed by atoms with Gasteiger partial charge in [0.25, 0.3) is 0 Å². The van der Waals surface area contributed by atoms with Crippen LogP contribution in [0.15, 0.2) is 36.7 Å². The summed E-state index contributed by atoms with van der Waals surface area (Å²) in [6, 6.07) is 7.57. The lowest BCUT2D eigenvalue weighted by Crippen LogP contribution is -2.36. The van der Waals surface area contributed by atoms with Gasteiger partial charge in [-0.05, 0) is 31.0 Å². The second-order valence-corrected chi connectivity index (χ2v) is 4.99. The molecule has 0 aromatic carbocycles. The molecule has 2 heterocycles. The molecular formula is C14H17N5O. The SMILES string of the molecule is O=C(CCNc1ccccn1)NC1(c2ccn[nH]2)CC1. The molecule has 0 bridgehead atoms. The van der Waals surface area contributed by atoms with Crippen LogP contribution in [0.5, 0.6) is 0 Å². The Morgan fingerprint density at radius 1 is 1.30 bits per heavy atom. The van der Waals surface area contributed by atoms with Crippen LogP contribution >= 0.6 is 0 Å². The van der Waals surface area contributed by atoms with Crippen LogP contribution in [0.25, 0.3) is 0 Å². The summed E-state index contributed by atoms with van der Waals surface area (Å²) in [4.78, 5) is 16.1. The first-order valence-corrected chi connectivity index (χ1v) is 6.74. The summed E-state index contributed by atoms with van der Waals surface area (Å²) in [7, 11) is 0. The fraction of sp³-hybridized carbons (Fsp3) is 0.357. The minimum Gasteiger partial charge on any atom is -0.370 e. The number of amides is 1. The topological polar surface area (TPSA) is 82.7 Å². The van der Waals surface area contributed by atoms with Crippen LogP contribution in [0.1, 0.15) is 25.0 Å². The molecular weight excluding hydrogens is 254 g/mol. The van der Waals surface area contributed by atoms with E-state index in [1.165, 1.54) is 0 Å². The highest BCUT2D eigenvalue weighted by atomic mass is 16.1. The number of carbonyl (C=O) groups is 1. The number of hydrogen-bond acceptors (Lipinski definition) is 4. The number of aromatic amines is 1. The van der Waals surface area contributed by atoms with E-state index in [4.69, 9.17) is 0 Å². The summed E-state index contributed by atoms with van der Waals surface area (Å²) in [6.07, 6.45) is 5.79. The number of pyridine rings is 1. The molecule has 2 aromatic rings. The highest BCUT2D eigenvalue weighted by Gasteiger charge is 2.46. The average molecular weight is 271 g/mol. The van der Waals surface area contributed by atoms with E-state index >= 15 is 0 Å². The van der Waals surface area contributed by atoms with Crippen LogP contribution in [0.4, 0.5) is 5.82 Å². The fourth-order valence-electron chi connectivity index (χ4n) is 2.21. The quantitative estimate of drug-likeness (QED) is 0.742. The van der Waals surface area contributed by atoms with Gasteiger partial charge in [0.15, 0.2) is 0 Å². The Labute approximate surface area is 117 Å². The first-order chi connectivity index (χ1) is 9.78. The second kappa shape index (κ2) is 5.32. The van der Waals surface area contributed by atoms with Crippen molar-refractivity contribution in [1.82, 2.24) is 20.5 Å². The van der Waals surface area contributed by atoms with Gasteiger partial charge in [-0.1, -0.05) is 6.07 Å².